The van der Waals surface area contributed by atoms with Gasteiger partial charge in [-0.1, -0.05) is 45.6 Å². The lowest BCUT2D eigenvalue weighted by atomic mass is 9.86. The zero-order chi connectivity index (χ0) is 15.3. The molecule has 0 heterocycles. The van der Waals surface area contributed by atoms with Crippen LogP contribution in [0.15, 0.2) is 36.9 Å². The summed E-state index contributed by atoms with van der Waals surface area (Å²) in [5, 5.41) is 3.39. The molecule has 0 fully saturated rings. The van der Waals surface area contributed by atoms with Gasteiger partial charge in [-0.3, -0.25) is 0 Å². The fraction of sp³-hybridized carbons (Fsp3) is 0.444. The maximum Gasteiger partial charge on any atom is 0.123 e. The molecule has 0 aliphatic rings. The van der Waals surface area contributed by atoms with Crippen LogP contribution >= 0.6 is 0 Å². The van der Waals surface area contributed by atoms with E-state index in [9.17, 15) is 4.39 Å². The Labute approximate surface area is 122 Å². The number of nitrogens with one attached hydrogen (secondary N) is 1. The van der Waals surface area contributed by atoms with E-state index in [1.807, 2.05) is 13.0 Å². The summed E-state index contributed by atoms with van der Waals surface area (Å²) in [6.45, 7) is 17.4. The Morgan fingerprint density at radius 3 is 2.45 bits per heavy atom. The van der Waals surface area contributed by atoms with Crippen LogP contribution in [-0.2, 0) is 0 Å². The summed E-state index contributed by atoms with van der Waals surface area (Å²) in [6, 6.07) is 5.02. The summed E-state index contributed by atoms with van der Waals surface area (Å²) in [4.78, 5) is 0. The molecule has 0 spiro atoms. The van der Waals surface area contributed by atoms with Gasteiger partial charge in [-0.05, 0) is 54.6 Å². The van der Waals surface area contributed by atoms with Gasteiger partial charge in [0.25, 0.3) is 0 Å². The Kier molecular flexibility index (Phi) is 6.15. The second-order valence-electron chi connectivity index (χ2n) is 5.40. The van der Waals surface area contributed by atoms with E-state index in [4.69, 9.17) is 0 Å². The first-order valence-corrected chi connectivity index (χ1v) is 7.29. The molecule has 0 saturated carbocycles. The lowest BCUT2D eigenvalue weighted by Crippen LogP contribution is -2.31. The summed E-state index contributed by atoms with van der Waals surface area (Å²) in [7, 11) is 0. The van der Waals surface area contributed by atoms with E-state index >= 15 is 0 Å². The van der Waals surface area contributed by atoms with Gasteiger partial charge in [0.1, 0.15) is 5.82 Å². The van der Waals surface area contributed by atoms with E-state index in [0.717, 1.165) is 35.2 Å². The minimum absolute atomic E-state index is 0.0354. The van der Waals surface area contributed by atoms with Crippen molar-refractivity contribution in [3.05, 3.63) is 53.9 Å². The molecule has 0 amide bonds. The average Bonchev–Trinajstić information content (AvgIpc) is 2.42. The predicted octanol–water partition coefficient (Wildman–Crippen LogP) is 4.91. The normalized spacial score (nSPS) is 13.8. The van der Waals surface area contributed by atoms with Crippen molar-refractivity contribution >= 4 is 5.57 Å². The lowest BCUT2D eigenvalue weighted by Gasteiger charge is -2.24. The van der Waals surface area contributed by atoms with Crippen LogP contribution in [0.25, 0.3) is 5.57 Å². The topological polar surface area (TPSA) is 12.0 Å². The molecule has 1 nitrogen and oxygen atoms in total. The molecule has 1 N–H and O–H groups in total. The van der Waals surface area contributed by atoms with Gasteiger partial charge in [-0.2, -0.15) is 0 Å². The number of hydrogen-bond acceptors (Lipinski definition) is 1. The summed E-state index contributed by atoms with van der Waals surface area (Å²) in [5.74, 6) is 0.122. The van der Waals surface area contributed by atoms with Gasteiger partial charge in [0.2, 0.25) is 0 Å². The molecule has 2 atom stereocenters. The maximum absolute atomic E-state index is 13.6. The van der Waals surface area contributed by atoms with Crippen molar-refractivity contribution in [2.24, 2.45) is 0 Å². The standard InChI is InChI=1S/C18H26FN/c1-7-13(5)17-11-15(19)9-10-16(17)14(6)18(12(3)4)20-8-2/h9-11,13,18,20H,3,6-8H2,1-2,4-5H3. The van der Waals surface area contributed by atoms with Crippen LogP contribution in [0.2, 0.25) is 0 Å². The van der Waals surface area contributed by atoms with Crippen molar-refractivity contribution in [3.63, 3.8) is 0 Å². The second-order valence-corrected chi connectivity index (χ2v) is 5.40. The number of likely N-dealkylation sites (N-methyl/N-ethyl adjacent to an activating group) is 1. The molecule has 110 valence electrons. The van der Waals surface area contributed by atoms with E-state index < -0.39 is 0 Å². The van der Waals surface area contributed by atoms with Gasteiger partial charge in [0, 0.05) is 0 Å². The zero-order valence-electron chi connectivity index (χ0n) is 13.1. The van der Waals surface area contributed by atoms with Crippen molar-refractivity contribution < 1.29 is 4.39 Å². The quantitative estimate of drug-likeness (QED) is 0.697. The van der Waals surface area contributed by atoms with E-state index in [2.05, 4.69) is 39.2 Å². The van der Waals surface area contributed by atoms with Gasteiger partial charge in [-0.25, -0.2) is 4.39 Å². The van der Waals surface area contributed by atoms with Gasteiger partial charge in [-0.15, -0.1) is 0 Å². The van der Waals surface area contributed by atoms with Gasteiger partial charge in [0.05, 0.1) is 6.04 Å². The minimum Gasteiger partial charge on any atom is -0.307 e. The third-order valence-electron chi connectivity index (χ3n) is 3.75. The highest BCUT2D eigenvalue weighted by atomic mass is 19.1. The highest BCUT2D eigenvalue weighted by molar-refractivity contribution is 5.73. The fourth-order valence-corrected chi connectivity index (χ4v) is 2.41. The molecule has 1 aromatic carbocycles. The third kappa shape index (κ3) is 3.80. The molecule has 2 heteroatoms. The van der Waals surface area contributed by atoms with Crippen LogP contribution in [-0.4, -0.2) is 12.6 Å². The van der Waals surface area contributed by atoms with Crippen LogP contribution in [0, 0.1) is 5.82 Å². The Morgan fingerprint density at radius 1 is 1.30 bits per heavy atom. The molecule has 0 aliphatic carbocycles. The van der Waals surface area contributed by atoms with Crippen LogP contribution in [0.5, 0.6) is 0 Å². The monoisotopic (exact) mass is 275 g/mol. The Hall–Kier alpha value is -1.41. The zero-order valence-corrected chi connectivity index (χ0v) is 13.1. The Bertz CT molecular complexity index is 490. The summed E-state index contributed by atoms with van der Waals surface area (Å²) in [6.07, 6.45) is 0.975. The Balaban J connectivity index is 3.23. The predicted molar refractivity (Wildman–Crippen MR) is 86.4 cm³/mol. The van der Waals surface area contributed by atoms with Crippen LogP contribution < -0.4 is 5.32 Å². The fourth-order valence-electron chi connectivity index (χ4n) is 2.41. The summed E-state index contributed by atoms with van der Waals surface area (Å²) < 4.78 is 13.6. The Morgan fingerprint density at radius 2 is 1.95 bits per heavy atom. The molecule has 1 rings (SSSR count). The van der Waals surface area contributed by atoms with Crippen molar-refractivity contribution in [3.8, 4) is 0 Å². The third-order valence-corrected chi connectivity index (χ3v) is 3.75. The van der Waals surface area contributed by atoms with E-state index in [1.54, 1.807) is 6.07 Å². The smallest absolute Gasteiger partial charge is 0.123 e. The van der Waals surface area contributed by atoms with Crippen molar-refractivity contribution in [1.29, 1.82) is 0 Å². The first-order chi connectivity index (χ1) is 9.42. The lowest BCUT2D eigenvalue weighted by molar-refractivity contribution is 0.618. The number of benzene rings is 1. The van der Waals surface area contributed by atoms with Crippen molar-refractivity contribution in [1.82, 2.24) is 5.32 Å². The van der Waals surface area contributed by atoms with E-state index in [-0.39, 0.29) is 11.9 Å². The molecule has 0 radical (unpaired) electrons. The molecule has 1 aromatic rings. The van der Waals surface area contributed by atoms with Crippen LogP contribution in [0.3, 0.4) is 0 Å². The van der Waals surface area contributed by atoms with Crippen molar-refractivity contribution in [2.75, 3.05) is 6.54 Å². The number of halogens is 1. The van der Waals surface area contributed by atoms with Crippen LogP contribution in [0.4, 0.5) is 4.39 Å². The first-order valence-electron chi connectivity index (χ1n) is 7.29. The molecule has 0 saturated heterocycles. The van der Waals surface area contributed by atoms with Gasteiger partial charge >= 0.3 is 0 Å². The maximum atomic E-state index is 13.6. The molecule has 0 aromatic heterocycles. The largest absolute Gasteiger partial charge is 0.307 e. The number of hydrogen-bond donors (Lipinski definition) is 1. The van der Waals surface area contributed by atoms with E-state index in [1.165, 1.54) is 6.07 Å². The molecule has 20 heavy (non-hydrogen) atoms. The molecular weight excluding hydrogens is 249 g/mol. The summed E-state index contributed by atoms with van der Waals surface area (Å²) in [5.41, 5.74) is 4.06. The highest BCUT2D eigenvalue weighted by Crippen LogP contribution is 2.31. The molecule has 2 unspecified atom stereocenters. The summed E-state index contributed by atoms with van der Waals surface area (Å²) >= 11 is 0. The van der Waals surface area contributed by atoms with Crippen LogP contribution in [0.1, 0.15) is 51.2 Å². The minimum atomic E-state index is -0.188. The molecule has 0 aliphatic heterocycles. The SMILES string of the molecule is C=C(C)C(NCC)C(=C)c1ccc(F)cc1C(C)CC. The second kappa shape index (κ2) is 7.39. The molecule has 0 bridgehead atoms. The van der Waals surface area contributed by atoms with Gasteiger partial charge in [0.15, 0.2) is 0 Å². The van der Waals surface area contributed by atoms with Gasteiger partial charge < -0.3 is 5.32 Å². The highest BCUT2D eigenvalue weighted by Gasteiger charge is 2.19. The first kappa shape index (κ1) is 16.6. The molecular formula is C18H26FN. The average molecular weight is 275 g/mol. The van der Waals surface area contributed by atoms with Crippen molar-refractivity contribution in [2.45, 2.75) is 46.1 Å². The van der Waals surface area contributed by atoms with E-state index in [0.29, 0.717) is 5.92 Å². The number of rotatable bonds is 7.